The molecule has 2 heterocycles. The Morgan fingerprint density at radius 1 is 1.25 bits per heavy atom. The number of nitrogens with zero attached hydrogens (tertiary/aromatic N) is 4. The van der Waals surface area contributed by atoms with Gasteiger partial charge in [0.1, 0.15) is 12.0 Å². The van der Waals surface area contributed by atoms with Gasteiger partial charge >= 0.3 is 0 Å². The van der Waals surface area contributed by atoms with Crippen LogP contribution in [0.15, 0.2) is 6.20 Å². The number of hydrogen-bond acceptors (Lipinski definition) is 5. The molecule has 0 aliphatic carbocycles. The van der Waals surface area contributed by atoms with Crippen molar-refractivity contribution in [3.8, 4) is 5.88 Å². The second kappa shape index (κ2) is 6.37. The first-order valence-corrected chi connectivity index (χ1v) is 7.12. The summed E-state index contributed by atoms with van der Waals surface area (Å²) in [5.41, 5.74) is 0.588. The summed E-state index contributed by atoms with van der Waals surface area (Å²) in [5, 5.41) is 7.59. The number of nitrogens with one attached hydrogen (secondary N) is 1. The molecule has 0 fully saturated rings. The first kappa shape index (κ1) is 15.0. The van der Waals surface area contributed by atoms with Crippen molar-refractivity contribution in [2.75, 3.05) is 13.2 Å². The number of halogens is 1. The Balaban J connectivity index is 2.04. The van der Waals surface area contributed by atoms with Crippen molar-refractivity contribution in [1.29, 1.82) is 0 Å². The highest BCUT2D eigenvalue weighted by molar-refractivity contribution is 6.28. The van der Waals surface area contributed by atoms with Gasteiger partial charge in [0.2, 0.25) is 11.2 Å². The quantitative estimate of drug-likeness (QED) is 0.830. The number of aromatic amines is 1. The van der Waals surface area contributed by atoms with Crippen LogP contribution in [0.2, 0.25) is 5.28 Å². The molecular formula is C13H20ClN5O. The van der Waals surface area contributed by atoms with Crippen molar-refractivity contribution in [3.05, 3.63) is 11.5 Å². The molecule has 0 aromatic carbocycles. The number of hydrogen-bond donors (Lipinski definition) is 1. The summed E-state index contributed by atoms with van der Waals surface area (Å²) in [4.78, 5) is 10.5. The van der Waals surface area contributed by atoms with E-state index in [9.17, 15) is 0 Å². The summed E-state index contributed by atoms with van der Waals surface area (Å²) in [5.74, 6) is 0.473. The van der Waals surface area contributed by atoms with Crippen LogP contribution in [0.3, 0.4) is 0 Å². The second-order valence-corrected chi connectivity index (χ2v) is 5.54. The molecule has 0 radical (unpaired) electrons. The monoisotopic (exact) mass is 297 g/mol. The Bertz CT molecular complexity index is 561. The fraction of sp³-hybridized carbons (Fsp3) is 0.615. The first-order chi connectivity index (χ1) is 9.49. The molecule has 0 atom stereocenters. The number of ether oxygens (including phenoxy) is 1. The Kier molecular flexibility index (Phi) is 4.77. The summed E-state index contributed by atoms with van der Waals surface area (Å²) in [6.45, 7) is 10.1. The SMILES string of the molecule is CC(C)N(CCOc1nc(Cl)nc2[nH]ncc12)C(C)C. The normalized spacial score (nSPS) is 12.0. The predicted molar refractivity (Wildman–Crippen MR) is 79.2 cm³/mol. The molecule has 2 aromatic heterocycles. The maximum Gasteiger partial charge on any atom is 0.229 e. The van der Waals surface area contributed by atoms with Crippen molar-refractivity contribution in [3.63, 3.8) is 0 Å². The van der Waals surface area contributed by atoms with Crippen molar-refractivity contribution in [1.82, 2.24) is 25.1 Å². The number of aromatic nitrogens is 4. The topological polar surface area (TPSA) is 66.9 Å². The third kappa shape index (κ3) is 3.37. The lowest BCUT2D eigenvalue weighted by molar-refractivity contribution is 0.141. The van der Waals surface area contributed by atoms with E-state index in [0.717, 1.165) is 11.9 Å². The zero-order chi connectivity index (χ0) is 14.7. The zero-order valence-electron chi connectivity index (χ0n) is 12.2. The zero-order valence-corrected chi connectivity index (χ0v) is 13.0. The van der Waals surface area contributed by atoms with Gasteiger partial charge in [-0.3, -0.25) is 10.00 Å². The van der Waals surface area contributed by atoms with E-state index in [-0.39, 0.29) is 5.28 Å². The van der Waals surface area contributed by atoms with Gasteiger partial charge < -0.3 is 4.74 Å². The highest BCUT2D eigenvalue weighted by Gasteiger charge is 2.14. The Morgan fingerprint density at radius 2 is 1.95 bits per heavy atom. The standard InChI is InChI=1S/C13H20ClN5O/c1-8(2)19(9(3)4)5-6-20-12-10-7-15-18-11(10)16-13(14)17-12/h7-9H,5-6H2,1-4H3,(H,15,16,17,18). The molecule has 20 heavy (non-hydrogen) atoms. The lowest BCUT2D eigenvalue weighted by Crippen LogP contribution is -2.39. The van der Waals surface area contributed by atoms with Gasteiger partial charge in [0.25, 0.3) is 0 Å². The second-order valence-electron chi connectivity index (χ2n) is 5.20. The maximum absolute atomic E-state index is 5.86. The van der Waals surface area contributed by atoms with Gasteiger partial charge in [-0.1, -0.05) is 0 Å². The van der Waals surface area contributed by atoms with Crippen molar-refractivity contribution in [2.24, 2.45) is 0 Å². The lowest BCUT2D eigenvalue weighted by Gasteiger charge is -2.30. The summed E-state index contributed by atoms with van der Waals surface area (Å²) < 4.78 is 5.75. The Hall–Kier alpha value is -1.40. The van der Waals surface area contributed by atoms with E-state index in [2.05, 4.69) is 52.8 Å². The smallest absolute Gasteiger partial charge is 0.229 e. The average Bonchev–Trinajstić information content (AvgIpc) is 2.81. The number of fused-ring (bicyclic) bond motifs is 1. The van der Waals surface area contributed by atoms with Gasteiger partial charge in [-0.15, -0.1) is 0 Å². The molecule has 0 aliphatic heterocycles. The third-order valence-electron chi connectivity index (χ3n) is 3.16. The molecule has 0 spiro atoms. The van der Waals surface area contributed by atoms with Gasteiger partial charge in [-0.25, -0.2) is 0 Å². The van der Waals surface area contributed by atoms with Gasteiger partial charge in [0.05, 0.1) is 6.20 Å². The van der Waals surface area contributed by atoms with Crippen LogP contribution in [0.4, 0.5) is 0 Å². The van der Waals surface area contributed by atoms with Crippen molar-refractivity contribution < 1.29 is 4.74 Å². The van der Waals surface area contributed by atoms with Crippen LogP contribution in [0.25, 0.3) is 11.0 Å². The molecule has 0 amide bonds. The summed E-state index contributed by atoms with van der Waals surface area (Å²) in [7, 11) is 0. The molecule has 6 nitrogen and oxygen atoms in total. The minimum absolute atomic E-state index is 0.154. The molecule has 0 saturated heterocycles. The van der Waals surface area contributed by atoms with E-state index in [4.69, 9.17) is 16.3 Å². The third-order valence-corrected chi connectivity index (χ3v) is 3.33. The van der Waals surface area contributed by atoms with E-state index in [0.29, 0.717) is 30.2 Å². The predicted octanol–water partition coefficient (Wildman–Crippen LogP) is 2.50. The van der Waals surface area contributed by atoms with Crippen molar-refractivity contribution in [2.45, 2.75) is 39.8 Å². The largest absolute Gasteiger partial charge is 0.476 e. The highest BCUT2D eigenvalue weighted by Crippen LogP contribution is 2.22. The highest BCUT2D eigenvalue weighted by atomic mass is 35.5. The van der Waals surface area contributed by atoms with Crippen LogP contribution < -0.4 is 4.74 Å². The minimum atomic E-state index is 0.154. The molecule has 0 aliphatic rings. The molecule has 110 valence electrons. The van der Waals surface area contributed by atoms with Crippen molar-refractivity contribution >= 4 is 22.6 Å². The van der Waals surface area contributed by atoms with Crippen LogP contribution >= 0.6 is 11.6 Å². The Morgan fingerprint density at radius 3 is 2.60 bits per heavy atom. The molecule has 0 unspecified atom stereocenters. The molecule has 2 aromatic rings. The molecular weight excluding hydrogens is 278 g/mol. The lowest BCUT2D eigenvalue weighted by atomic mass is 10.2. The summed E-state index contributed by atoms with van der Waals surface area (Å²) >= 11 is 5.86. The van der Waals surface area contributed by atoms with Crippen LogP contribution in [0.5, 0.6) is 5.88 Å². The maximum atomic E-state index is 5.86. The summed E-state index contributed by atoms with van der Waals surface area (Å²) in [6, 6.07) is 0.947. The number of H-pyrrole nitrogens is 1. The van der Waals surface area contributed by atoms with Crippen LogP contribution in [0.1, 0.15) is 27.7 Å². The molecule has 2 rings (SSSR count). The Labute approximate surface area is 123 Å². The molecule has 7 heteroatoms. The van der Waals surface area contributed by atoms with Gasteiger partial charge in [0.15, 0.2) is 5.65 Å². The average molecular weight is 298 g/mol. The van der Waals surface area contributed by atoms with E-state index < -0.39 is 0 Å². The summed E-state index contributed by atoms with van der Waals surface area (Å²) in [6.07, 6.45) is 1.64. The first-order valence-electron chi connectivity index (χ1n) is 6.74. The van der Waals surface area contributed by atoms with Crippen LogP contribution in [0, 0.1) is 0 Å². The fourth-order valence-corrected chi connectivity index (χ4v) is 2.41. The van der Waals surface area contributed by atoms with Gasteiger partial charge in [-0.2, -0.15) is 15.1 Å². The van der Waals surface area contributed by atoms with E-state index in [1.807, 2.05) is 0 Å². The van der Waals surface area contributed by atoms with Gasteiger partial charge in [0, 0.05) is 18.6 Å². The molecule has 1 N–H and O–H groups in total. The fourth-order valence-electron chi connectivity index (χ4n) is 2.25. The van der Waals surface area contributed by atoms with Crippen LogP contribution in [-0.2, 0) is 0 Å². The molecule has 0 bridgehead atoms. The van der Waals surface area contributed by atoms with E-state index in [1.165, 1.54) is 0 Å². The minimum Gasteiger partial charge on any atom is -0.476 e. The van der Waals surface area contributed by atoms with Gasteiger partial charge in [-0.05, 0) is 39.3 Å². The van der Waals surface area contributed by atoms with Crippen LogP contribution in [-0.4, -0.2) is 50.3 Å². The van der Waals surface area contributed by atoms with E-state index >= 15 is 0 Å². The number of rotatable bonds is 6. The van der Waals surface area contributed by atoms with E-state index in [1.54, 1.807) is 6.20 Å². The molecule has 0 saturated carbocycles.